The summed E-state index contributed by atoms with van der Waals surface area (Å²) in [4.78, 5) is -0.134. The third-order valence-corrected chi connectivity index (χ3v) is 5.13. The van der Waals surface area contributed by atoms with E-state index in [0.717, 1.165) is 0 Å². The molecule has 0 aromatic heterocycles. The highest BCUT2D eigenvalue weighted by Gasteiger charge is 2.10. The van der Waals surface area contributed by atoms with Gasteiger partial charge in [-0.25, -0.2) is 8.42 Å². The maximum Gasteiger partial charge on any atom is 0.294 e. The number of fused-ring (bicyclic) bond motifs is 1. The van der Waals surface area contributed by atoms with Gasteiger partial charge in [-0.1, -0.05) is 12.1 Å². The van der Waals surface area contributed by atoms with Crippen molar-refractivity contribution in [1.29, 1.82) is 0 Å². The van der Waals surface area contributed by atoms with Crippen molar-refractivity contribution in [2.24, 2.45) is 10.2 Å². The Bertz CT molecular complexity index is 1190. The second-order valence-corrected chi connectivity index (χ2v) is 7.72. The van der Waals surface area contributed by atoms with Gasteiger partial charge in [0, 0.05) is 5.39 Å². The van der Waals surface area contributed by atoms with E-state index >= 15 is 0 Å². The van der Waals surface area contributed by atoms with Gasteiger partial charge in [0.2, 0.25) is 0 Å². The molecular weight excluding hydrogens is 380 g/mol. The first-order chi connectivity index (χ1) is 12.3. The molecule has 0 bridgehead atoms. The molecule has 0 aliphatic carbocycles. The van der Waals surface area contributed by atoms with Crippen LogP contribution >= 0.6 is 0 Å². The summed E-state index contributed by atoms with van der Waals surface area (Å²) < 4.78 is 53.2. The summed E-state index contributed by atoms with van der Waals surface area (Å²) in [5, 5.41) is 19.0. The molecule has 8 nitrogen and oxygen atoms in total. The molecule has 3 aromatic rings. The number of hydrogen-bond donors (Lipinski definition) is 3. The predicted molar refractivity (Wildman–Crippen MR) is 94.6 cm³/mol. The van der Waals surface area contributed by atoms with E-state index in [-0.39, 0.29) is 21.2 Å². The van der Waals surface area contributed by atoms with Crippen molar-refractivity contribution in [3.8, 4) is 5.75 Å². The van der Waals surface area contributed by atoms with Crippen molar-refractivity contribution in [2.45, 2.75) is 9.79 Å². The Balaban J connectivity index is 2.02. The molecule has 0 amide bonds. The Morgan fingerprint density at radius 1 is 0.885 bits per heavy atom. The lowest BCUT2D eigenvalue weighted by Crippen LogP contribution is -1.96. The number of phenolic OH excluding ortho intramolecular Hbond substituents is 1. The number of benzene rings is 3. The summed E-state index contributed by atoms with van der Waals surface area (Å²) in [7, 11) is -7.02. The molecule has 3 aromatic carbocycles. The molecule has 2 N–H and O–H groups in total. The first kappa shape index (κ1) is 18.0. The zero-order valence-electron chi connectivity index (χ0n) is 13.0. The Morgan fingerprint density at radius 2 is 1.58 bits per heavy atom. The average molecular weight is 392 g/mol. The third-order valence-electron chi connectivity index (χ3n) is 3.56. The summed E-state index contributed by atoms with van der Waals surface area (Å²) in [6.45, 7) is 0. The van der Waals surface area contributed by atoms with Crippen molar-refractivity contribution >= 4 is 43.0 Å². The molecular formula is C16H12N2O6S2. The first-order valence-corrected chi connectivity index (χ1v) is 9.77. The van der Waals surface area contributed by atoms with Gasteiger partial charge >= 0.3 is 0 Å². The monoisotopic (exact) mass is 392 g/mol. The van der Waals surface area contributed by atoms with Crippen molar-refractivity contribution in [3.05, 3.63) is 54.6 Å². The number of thiol groups is 1. The van der Waals surface area contributed by atoms with Gasteiger partial charge in [-0.05, 0) is 47.9 Å². The second-order valence-electron chi connectivity index (χ2n) is 5.26. The molecule has 0 saturated heterocycles. The summed E-state index contributed by atoms with van der Waals surface area (Å²) in [6, 6.07) is 12.3. The third kappa shape index (κ3) is 3.72. The molecule has 0 saturated carbocycles. The Morgan fingerprint density at radius 3 is 2.19 bits per heavy atom. The van der Waals surface area contributed by atoms with Crippen LogP contribution in [0, 0.1) is 0 Å². The largest absolute Gasteiger partial charge is 0.506 e. The molecule has 0 aliphatic heterocycles. The highest BCUT2D eigenvalue weighted by atomic mass is 32.2. The number of aromatic hydroxyl groups is 1. The van der Waals surface area contributed by atoms with Crippen LogP contribution < -0.4 is 0 Å². The molecule has 0 fully saturated rings. The fourth-order valence-corrected chi connectivity index (χ4v) is 3.22. The number of rotatable bonds is 4. The van der Waals surface area contributed by atoms with E-state index in [1.165, 1.54) is 48.5 Å². The van der Waals surface area contributed by atoms with E-state index in [1.54, 1.807) is 6.07 Å². The number of hydrogen-bond acceptors (Lipinski definition) is 7. The minimum atomic E-state index is -4.30. The fourth-order valence-electron chi connectivity index (χ4n) is 2.30. The predicted octanol–water partition coefficient (Wildman–Crippen LogP) is 3.18. The maximum atomic E-state index is 11.1. The van der Waals surface area contributed by atoms with Gasteiger partial charge in [0.1, 0.15) is 11.4 Å². The van der Waals surface area contributed by atoms with E-state index in [4.69, 9.17) is 4.55 Å². The van der Waals surface area contributed by atoms with E-state index in [9.17, 15) is 21.9 Å². The molecule has 134 valence electrons. The smallest absolute Gasteiger partial charge is 0.294 e. The van der Waals surface area contributed by atoms with E-state index in [0.29, 0.717) is 16.5 Å². The summed E-state index contributed by atoms with van der Waals surface area (Å²) in [5.41, 5.74) is 0.446. The van der Waals surface area contributed by atoms with Crippen molar-refractivity contribution in [3.63, 3.8) is 0 Å². The lowest BCUT2D eigenvalue weighted by atomic mass is 10.1. The van der Waals surface area contributed by atoms with Crippen LogP contribution in [0.15, 0.2) is 74.6 Å². The Labute approximate surface area is 150 Å². The van der Waals surface area contributed by atoms with Crippen LogP contribution in [0.2, 0.25) is 0 Å². The van der Waals surface area contributed by atoms with Gasteiger partial charge in [-0.15, -0.1) is 5.11 Å². The maximum absolute atomic E-state index is 11.1. The van der Waals surface area contributed by atoms with Crippen LogP contribution in [0.25, 0.3) is 10.8 Å². The molecule has 0 aliphatic rings. The number of azo groups is 1. The van der Waals surface area contributed by atoms with Gasteiger partial charge in [0.15, 0.2) is 10.7 Å². The van der Waals surface area contributed by atoms with E-state index < -0.39 is 20.8 Å². The molecule has 26 heavy (non-hydrogen) atoms. The van der Waals surface area contributed by atoms with Gasteiger partial charge < -0.3 is 5.11 Å². The molecule has 10 heteroatoms. The van der Waals surface area contributed by atoms with Crippen LogP contribution in [0.3, 0.4) is 0 Å². The molecule has 0 unspecified atom stereocenters. The van der Waals surface area contributed by atoms with Gasteiger partial charge in [0.05, 0.1) is 15.5 Å². The molecule has 0 radical (unpaired) electrons. The topological polar surface area (TPSA) is 133 Å². The van der Waals surface area contributed by atoms with E-state index in [1.807, 2.05) is 0 Å². The van der Waals surface area contributed by atoms with Gasteiger partial charge in [0.25, 0.3) is 10.1 Å². The van der Waals surface area contributed by atoms with E-state index in [2.05, 4.69) is 10.2 Å². The first-order valence-electron chi connectivity index (χ1n) is 7.15. The number of phenols is 1. The summed E-state index contributed by atoms with van der Waals surface area (Å²) in [6.07, 6.45) is 0. The lowest BCUT2D eigenvalue weighted by Gasteiger charge is -2.04. The molecule has 3 rings (SSSR count). The van der Waals surface area contributed by atoms with Crippen molar-refractivity contribution in [2.75, 3.05) is 0 Å². The summed E-state index contributed by atoms with van der Waals surface area (Å²) >= 11 is 0. The second kappa shape index (κ2) is 6.83. The zero-order valence-corrected chi connectivity index (χ0v) is 14.7. The zero-order chi connectivity index (χ0) is 18.9. The van der Waals surface area contributed by atoms with Crippen molar-refractivity contribution < 1.29 is 26.5 Å². The minimum absolute atomic E-state index is 0.141. The molecule has 0 heterocycles. The Hall–Kier alpha value is -2.82. The lowest BCUT2D eigenvalue weighted by molar-refractivity contribution is 0.477. The standard InChI is InChI=1S/C16H12N2O6S2/c19-15-8-1-10-9-12(25(20)21)4-7-14(10)16(15)18-17-11-2-5-13(6-3-11)26(22,23)24/h1-9,19,25H,(H,22,23,24). The van der Waals surface area contributed by atoms with Crippen molar-refractivity contribution in [1.82, 2.24) is 0 Å². The van der Waals surface area contributed by atoms with Crippen LogP contribution in [0.5, 0.6) is 5.75 Å². The fraction of sp³-hybridized carbons (Fsp3) is 0. The van der Waals surface area contributed by atoms with Crippen LogP contribution in [0.4, 0.5) is 11.4 Å². The van der Waals surface area contributed by atoms with Gasteiger partial charge in [-0.3, -0.25) is 4.55 Å². The Kier molecular flexibility index (Phi) is 4.72. The molecule has 0 atom stereocenters. The summed E-state index contributed by atoms with van der Waals surface area (Å²) in [5.74, 6) is -0.143. The van der Waals surface area contributed by atoms with Crippen LogP contribution in [-0.4, -0.2) is 26.5 Å². The van der Waals surface area contributed by atoms with Gasteiger partial charge in [-0.2, -0.15) is 13.5 Å². The van der Waals surface area contributed by atoms with Crippen LogP contribution in [0.1, 0.15) is 0 Å². The molecule has 0 spiro atoms. The van der Waals surface area contributed by atoms with Crippen LogP contribution in [-0.2, 0) is 20.8 Å². The quantitative estimate of drug-likeness (QED) is 0.355. The highest BCUT2D eigenvalue weighted by Crippen LogP contribution is 2.36. The SMILES string of the molecule is O=[SH](=O)c1ccc2c(N=Nc3ccc(S(=O)(=O)O)cc3)c(O)ccc2c1. The highest BCUT2D eigenvalue weighted by molar-refractivity contribution is 7.85. The number of nitrogens with zero attached hydrogens (tertiary/aromatic N) is 2. The minimum Gasteiger partial charge on any atom is -0.506 e. The normalized spacial score (nSPS) is 12.2. The average Bonchev–Trinajstić information content (AvgIpc) is 2.60.